The molecule has 1 aliphatic heterocycles. The molecule has 0 spiro atoms. The number of rotatable bonds is 6. The first-order valence-corrected chi connectivity index (χ1v) is 7.76. The van der Waals surface area contributed by atoms with Crippen molar-refractivity contribution >= 4 is 0 Å². The summed E-state index contributed by atoms with van der Waals surface area (Å²) in [6.07, 6.45) is 5.84. The van der Waals surface area contributed by atoms with Crippen LogP contribution >= 0.6 is 0 Å². The van der Waals surface area contributed by atoms with Crippen molar-refractivity contribution < 1.29 is 9.47 Å². The van der Waals surface area contributed by atoms with Crippen LogP contribution in [0.1, 0.15) is 24.8 Å². The summed E-state index contributed by atoms with van der Waals surface area (Å²) in [6, 6.07) is 10.2. The second kappa shape index (κ2) is 6.80. The Morgan fingerprint density at radius 1 is 1.48 bits per heavy atom. The van der Waals surface area contributed by atoms with Crippen LogP contribution in [0.4, 0.5) is 0 Å². The van der Waals surface area contributed by atoms with Crippen molar-refractivity contribution in [3.8, 4) is 11.8 Å². The minimum absolute atomic E-state index is 0.0862. The van der Waals surface area contributed by atoms with Crippen LogP contribution in [-0.4, -0.2) is 34.6 Å². The molecule has 0 N–H and O–H groups in total. The molecule has 1 fully saturated rings. The van der Waals surface area contributed by atoms with E-state index < -0.39 is 5.41 Å². The van der Waals surface area contributed by atoms with Gasteiger partial charge in [-0.2, -0.15) is 10.4 Å². The zero-order chi connectivity index (χ0) is 16.1. The number of methoxy groups -OCH3 is 1. The highest BCUT2D eigenvalue weighted by Crippen LogP contribution is 2.38. The molecule has 2 heterocycles. The van der Waals surface area contributed by atoms with Gasteiger partial charge < -0.3 is 9.47 Å². The molecular weight excluding hydrogens is 292 g/mol. The zero-order valence-electron chi connectivity index (χ0n) is 13.2. The summed E-state index contributed by atoms with van der Waals surface area (Å²) in [5, 5.41) is 14.3. The number of nitriles is 1. The van der Waals surface area contributed by atoms with Crippen LogP contribution in [0.15, 0.2) is 36.9 Å². The van der Waals surface area contributed by atoms with E-state index in [0.29, 0.717) is 18.7 Å². The summed E-state index contributed by atoms with van der Waals surface area (Å²) in [7, 11) is 1.63. The van der Waals surface area contributed by atoms with E-state index >= 15 is 0 Å². The first-order chi connectivity index (χ1) is 11.3. The molecule has 120 valence electrons. The Morgan fingerprint density at radius 3 is 3.00 bits per heavy atom. The Hall–Kier alpha value is -2.39. The molecule has 1 aromatic carbocycles. The smallest absolute Gasteiger partial charge is 0.137 e. The molecule has 6 nitrogen and oxygen atoms in total. The summed E-state index contributed by atoms with van der Waals surface area (Å²) in [4.78, 5) is 3.99. The number of nitrogens with zero attached hydrogens (tertiary/aromatic N) is 4. The highest BCUT2D eigenvalue weighted by Gasteiger charge is 2.39. The lowest BCUT2D eigenvalue weighted by molar-refractivity contribution is 0.0863. The third-order valence-corrected chi connectivity index (χ3v) is 4.34. The van der Waals surface area contributed by atoms with E-state index in [4.69, 9.17) is 9.47 Å². The average molecular weight is 312 g/mol. The molecule has 23 heavy (non-hydrogen) atoms. The molecule has 0 aliphatic carbocycles. The van der Waals surface area contributed by atoms with Gasteiger partial charge in [-0.1, -0.05) is 18.2 Å². The van der Waals surface area contributed by atoms with Crippen LogP contribution < -0.4 is 4.74 Å². The molecule has 0 amide bonds. The summed E-state index contributed by atoms with van der Waals surface area (Å²) in [5.41, 5.74) is 0.103. The molecule has 2 atom stereocenters. The van der Waals surface area contributed by atoms with Gasteiger partial charge in [-0.15, -0.1) is 0 Å². The third kappa shape index (κ3) is 3.20. The van der Waals surface area contributed by atoms with Crippen molar-refractivity contribution in [2.75, 3.05) is 13.7 Å². The Morgan fingerprint density at radius 2 is 2.35 bits per heavy atom. The van der Waals surface area contributed by atoms with Crippen LogP contribution in [0.2, 0.25) is 0 Å². The van der Waals surface area contributed by atoms with Gasteiger partial charge in [0.25, 0.3) is 0 Å². The maximum Gasteiger partial charge on any atom is 0.137 e. The van der Waals surface area contributed by atoms with Crippen molar-refractivity contribution in [2.45, 2.75) is 37.3 Å². The van der Waals surface area contributed by atoms with Crippen molar-refractivity contribution in [1.29, 1.82) is 5.26 Å². The highest BCUT2D eigenvalue weighted by molar-refractivity contribution is 5.44. The van der Waals surface area contributed by atoms with Gasteiger partial charge in [-0.25, -0.2) is 4.98 Å². The van der Waals surface area contributed by atoms with E-state index in [1.165, 1.54) is 6.33 Å². The number of aromatic nitrogens is 3. The SMILES string of the molecule is COc1ccccc1C(C#N)(CC1CCCO1)Cn1cncn1. The van der Waals surface area contributed by atoms with Crippen LogP contribution in [-0.2, 0) is 16.7 Å². The predicted octanol–water partition coefficient (Wildman–Crippen LogP) is 2.32. The topological polar surface area (TPSA) is 73.0 Å². The van der Waals surface area contributed by atoms with E-state index in [1.807, 2.05) is 24.3 Å². The maximum absolute atomic E-state index is 10.1. The fourth-order valence-electron chi connectivity index (χ4n) is 3.23. The molecule has 3 rings (SSSR count). The lowest BCUT2D eigenvalue weighted by Gasteiger charge is -2.30. The van der Waals surface area contributed by atoms with E-state index in [0.717, 1.165) is 25.0 Å². The van der Waals surface area contributed by atoms with Gasteiger partial charge in [-0.05, 0) is 25.3 Å². The summed E-state index contributed by atoms with van der Waals surface area (Å²) in [6.45, 7) is 1.19. The monoisotopic (exact) mass is 312 g/mol. The van der Waals surface area contributed by atoms with Gasteiger partial charge >= 0.3 is 0 Å². The summed E-state index contributed by atoms with van der Waals surface area (Å²) >= 11 is 0. The summed E-state index contributed by atoms with van der Waals surface area (Å²) < 4.78 is 13.0. The van der Waals surface area contributed by atoms with Gasteiger partial charge in [-0.3, -0.25) is 4.68 Å². The lowest BCUT2D eigenvalue weighted by atomic mass is 9.76. The van der Waals surface area contributed by atoms with Gasteiger partial charge in [0.15, 0.2) is 0 Å². The van der Waals surface area contributed by atoms with Gasteiger partial charge in [0, 0.05) is 12.2 Å². The Kier molecular flexibility index (Phi) is 4.58. The largest absolute Gasteiger partial charge is 0.496 e. The first kappa shape index (κ1) is 15.5. The third-order valence-electron chi connectivity index (χ3n) is 4.34. The molecular formula is C17H20N4O2. The van der Waals surface area contributed by atoms with E-state index in [2.05, 4.69) is 16.2 Å². The zero-order valence-corrected chi connectivity index (χ0v) is 13.2. The minimum Gasteiger partial charge on any atom is -0.496 e. The van der Waals surface area contributed by atoms with Crippen molar-refractivity contribution in [1.82, 2.24) is 14.8 Å². The fourth-order valence-corrected chi connectivity index (χ4v) is 3.23. The Balaban J connectivity index is 2.01. The minimum atomic E-state index is -0.769. The fraction of sp³-hybridized carbons (Fsp3) is 0.471. The number of para-hydroxylation sites is 1. The van der Waals surface area contributed by atoms with Crippen LogP contribution in [0.3, 0.4) is 0 Å². The molecule has 2 unspecified atom stereocenters. The average Bonchev–Trinajstić information content (AvgIpc) is 3.28. The Bertz CT molecular complexity index is 674. The van der Waals surface area contributed by atoms with Gasteiger partial charge in [0.1, 0.15) is 23.8 Å². The van der Waals surface area contributed by atoms with Crippen molar-refractivity contribution in [2.24, 2.45) is 0 Å². The molecule has 6 heteroatoms. The number of ether oxygens (including phenoxy) is 2. The second-order valence-corrected chi connectivity index (χ2v) is 5.83. The predicted molar refractivity (Wildman–Crippen MR) is 83.9 cm³/mol. The first-order valence-electron chi connectivity index (χ1n) is 7.76. The lowest BCUT2D eigenvalue weighted by Crippen LogP contribution is -2.35. The molecule has 0 radical (unpaired) electrons. The van der Waals surface area contributed by atoms with Crippen LogP contribution in [0.25, 0.3) is 0 Å². The quantitative estimate of drug-likeness (QED) is 0.818. The van der Waals surface area contributed by atoms with Crippen molar-refractivity contribution in [3.63, 3.8) is 0 Å². The van der Waals surface area contributed by atoms with Gasteiger partial charge in [0.05, 0.1) is 25.8 Å². The van der Waals surface area contributed by atoms with E-state index in [1.54, 1.807) is 18.1 Å². The van der Waals surface area contributed by atoms with E-state index in [-0.39, 0.29) is 6.10 Å². The number of hydrogen-bond donors (Lipinski definition) is 0. The van der Waals surface area contributed by atoms with Crippen LogP contribution in [0.5, 0.6) is 5.75 Å². The number of benzene rings is 1. The molecule has 2 aromatic rings. The molecule has 1 saturated heterocycles. The Labute approximate surface area is 135 Å². The highest BCUT2D eigenvalue weighted by atomic mass is 16.5. The normalized spacial score (nSPS) is 19.9. The number of hydrogen-bond acceptors (Lipinski definition) is 5. The molecule has 0 saturated carbocycles. The van der Waals surface area contributed by atoms with E-state index in [9.17, 15) is 5.26 Å². The molecule has 1 aliphatic rings. The maximum atomic E-state index is 10.1. The standard InChI is InChI=1S/C17H20N4O2/c1-22-16-7-3-2-6-15(16)17(10-18,9-14-5-4-8-23-14)11-21-13-19-12-20-21/h2-3,6-7,12-14H,4-5,8-9,11H2,1H3. The molecule has 0 bridgehead atoms. The van der Waals surface area contributed by atoms with Crippen LogP contribution in [0, 0.1) is 11.3 Å². The van der Waals surface area contributed by atoms with Gasteiger partial charge in [0.2, 0.25) is 0 Å². The molecule has 1 aromatic heterocycles. The summed E-state index contributed by atoms with van der Waals surface area (Å²) in [5.74, 6) is 0.715. The second-order valence-electron chi connectivity index (χ2n) is 5.83. The van der Waals surface area contributed by atoms with Crippen molar-refractivity contribution in [3.05, 3.63) is 42.5 Å².